The molecule has 5 heteroatoms. The van der Waals surface area contributed by atoms with Gasteiger partial charge in [0.15, 0.2) is 5.82 Å². The summed E-state index contributed by atoms with van der Waals surface area (Å²) in [6.45, 7) is 6.70. The third-order valence-corrected chi connectivity index (χ3v) is 2.68. The zero-order valence-electron chi connectivity index (χ0n) is 12.6. The molecular formula is C16H20N4O. The molecule has 21 heavy (non-hydrogen) atoms. The Morgan fingerprint density at radius 3 is 2.81 bits per heavy atom. The van der Waals surface area contributed by atoms with Crippen LogP contribution in [-0.2, 0) is 11.3 Å². The molecule has 0 saturated heterocycles. The molecule has 0 bridgehead atoms. The van der Waals surface area contributed by atoms with Crippen LogP contribution in [0.4, 0.5) is 5.82 Å². The molecule has 0 saturated carbocycles. The maximum absolute atomic E-state index is 11.8. The van der Waals surface area contributed by atoms with E-state index >= 15 is 0 Å². The number of nitrogens with zero attached hydrogens (tertiary/aromatic N) is 3. The summed E-state index contributed by atoms with van der Waals surface area (Å²) in [4.78, 5) is 16.0. The minimum Gasteiger partial charge on any atom is -0.306 e. The van der Waals surface area contributed by atoms with Gasteiger partial charge in [-0.2, -0.15) is 5.10 Å². The van der Waals surface area contributed by atoms with Gasteiger partial charge in [-0.15, -0.1) is 0 Å². The van der Waals surface area contributed by atoms with Crippen molar-refractivity contribution in [1.82, 2.24) is 14.8 Å². The van der Waals surface area contributed by atoms with E-state index in [2.05, 4.69) is 15.4 Å². The Balaban J connectivity index is 1.94. The van der Waals surface area contributed by atoms with Crippen molar-refractivity contribution >= 4 is 11.7 Å². The lowest BCUT2D eigenvalue weighted by Gasteiger charge is -2.10. The lowest BCUT2D eigenvalue weighted by Crippen LogP contribution is -2.11. The van der Waals surface area contributed by atoms with Crippen molar-refractivity contribution < 1.29 is 4.79 Å². The molecule has 5 nitrogen and oxygen atoms in total. The lowest BCUT2D eigenvalue weighted by molar-refractivity contribution is -0.112. The van der Waals surface area contributed by atoms with Crippen molar-refractivity contribution in [3.63, 3.8) is 0 Å². The van der Waals surface area contributed by atoms with Crippen molar-refractivity contribution in [2.24, 2.45) is 5.41 Å². The first-order valence-electron chi connectivity index (χ1n) is 6.86. The van der Waals surface area contributed by atoms with Crippen molar-refractivity contribution in [2.45, 2.75) is 27.3 Å². The van der Waals surface area contributed by atoms with Crippen LogP contribution < -0.4 is 5.32 Å². The smallest absolute Gasteiger partial charge is 0.249 e. The second kappa shape index (κ2) is 6.35. The fraction of sp³-hybridized carbons (Fsp3) is 0.312. The van der Waals surface area contributed by atoms with Gasteiger partial charge in [-0.1, -0.05) is 32.9 Å². The number of allylic oxidation sites excluding steroid dienone is 1. The molecule has 0 fully saturated rings. The third-order valence-electron chi connectivity index (χ3n) is 2.68. The number of hydrogen-bond donors (Lipinski definition) is 1. The number of hydrogen-bond acceptors (Lipinski definition) is 3. The van der Waals surface area contributed by atoms with Crippen LogP contribution in [0.5, 0.6) is 0 Å². The molecule has 0 aliphatic carbocycles. The van der Waals surface area contributed by atoms with Gasteiger partial charge in [0.2, 0.25) is 5.91 Å². The highest BCUT2D eigenvalue weighted by Gasteiger charge is 2.07. The summed E-state index contributed by atoms with van der Waals surface area (Å²) in [5, 5.41) is 7.04. The van der Waals surface area contributed by atoms with Crippen LogP contribution in [0, 0.1) is 5.41 Å². The van der Waals surface area contributed by atoms with Crippen LogP contribution in [0.25, 0.3) is 0 Å². The highest BCUT2D eigenvalue weighted by atomic mass is 16.1. The van der Waals surface area contributed by atoms with E-state index in [1.807, 2.05) is 51.2 Å². The normalized spacial score (nSPS) is 11.8. The molecule has 2 aromatic rings. The van der Waals surface area contributed by atoms with E-state index in [1.54, 1.807) is 16.9 Å². The monoisotopic (exact) mass is 284 g/mol. The average Bonchev–Trinajstić information content (AvgIpc) is 2.84. The van der Waals surface area contributed by atoms with Gasteiger partial charge in [0.1, 0.15) is 0 Å². The first kappa shape index (κ1) is 15.0. The highest BCUT2D eigenvalue weighted by molar-refractivity contribution is 5.98. The Morgan fingerprint density at radius 2 is 2.14 bits per heavy atom. The minimum atomic E-state index is -0.173. The topological polar surface area (TPSA) is 59.8 Å². The zero-order chi connectivity index (χ0) is 15.3. The lowest BCUT2D eigenvalue weighted by atomic mass is 9.96. The summed E-state index contributed by atoms with van der Waals surface area (Å²) in [6, 6.07) is 7.52. The summed E-state index contributed by atoms with van der Waals surface area (Å²) in [6.07, 6.45) is 6.97. The van der Waals surface area contributed by atoms with E-state index in [1.165, 1.54) is 6.08 Å². The summed E-state index contributed by atoms with van der Waals surface area (Å²) < 4.78 is 1.74. The van der Waals surface area contributed by atoms with E-state index in [4.69, 9.17) is 0 Å². The molecule has 0 spiro atoms. The number of nitrogens with one attached hydrogen (secondary N) is 1. The van der Waals surface area contributed by atoms with Gasteiger partial charge in [-0.05, 0) is 23.6 Å². The predicted octanol–water partition coefficient (Wildman–Crippen LogP) is 2.87. The number of anilines is 1. The first-order chi connectivity index (χ1) is 9.92. The Bertz CT molecular complexity index is 623. The third kappa shape index (κ3) is 5.22. The van der Waals surface area contributed by atoms with Gasteiger partial charge in [0.05, 0.1) is 12.2 Å². The number of aromatic nitrogens is 3. The van der Waals surface area contributed by atoms with Gasteiger partial charge in [-0.25, -0.2) is 0 Å². The summed E-state index contributed by atoms with van der Waals surface area (Å²) >= 11 is 0. The van der Waals surface area contributed by atoms with Crippen LogP contribution in [0.1, 0.15) is 26.5 Å². The number of amides is 1. The quantitative estimate of drug-likeness (QED) is 0.878. The van der Waals surface area contributed by atoms with Gasteiger partial charge >= 0.3 is 0 Å². The van der Waals surface area contributed by atoms with E-state index in [-0.39, 0.29) is 11.3 Å². The number of carbonyl (C=O) groups is 1. The molecule has 1 N–H and O–H groups in total. The minimum absolute atomic E-state index is 0.0182. The molecule has 2 heterocycles. The van der Waals surface area contributed by atoms with Crippen LogP contribution in [0.15, 0.2) is 48.8 Å². The van der Waals surface area contributed by atoms with E-state index in [9.17, 15) is 4.79 Å². The van der Waals surface area contributed by atoms with Crippen molar-refractivity contribution in [2.75, 3.05) is 5.32 Å². The molecule has 1 amide bonds. The Labute approximate surface area is 124 Å². The first-order valence-corrected chi connectivity index (χ1v) is 6.86. The highest BCUT2D eigenvalue weighted by Crippen LogP contribution is 2.14. The maximum atomic E-state index is 11.8. The predicted molar refractivity (Wildman–Crippen MR) is 82.8 cm³/mol. The van der Waals surface area contributed by atoms with Crippen LogP contribution in [-0.4, -0.2) is 20.7 Å². The standard InChI is InChI=1S/C16H20N4O/c1-16(2,3)9-7-15(21)18-14-8-11-20(19-14)12-13-6-4-5-10-17-13/h4-11H,12H2,1-3H3,(H,18,19,21)/b9-7-. The molecule has 0 radical (unpaired) electrons. The average molecular weight is 284 g/mol. The molecule has 110 valence electrons. The molecule has 2 aromatic heterocycles. The van der Waals surface area contributed by atoms with Gasteiger partial charge in [0, 0.05) is 18.5 Å². The fourth-order valence-electron chi connectivity index (χ4n) is 1.67. The Hall–Kier alpha value is -2.43. The zero-order valence-corrected chi connectivity index (χ0v) is 12.6. The van der Waals surface area contributed by atoms with Gasteiger partial charge in [-0.3, -0.25) is 14.5 Å². The molecule has 0 aromatic carbocycles. The second-order valence-corrected chi connectivity index (χ2v) is 5.91. The summed E-state index contributed by atoms with van der Waals surface area (Å²) in [5.41, 5.74) is 0.904. The molecular weight excluding hydrogens is 264 g/mol. The summed E-state index contributed by atoms with van der Waals surface area (Å²) in [7, 11) is 0. The van der Waals surface area contributed by atoms with E-state index in [0.29, 0.717) is 12.4 Å². The second-order valence-electron chi connectivity index (χ2n) is 5.91. The van der Waals surface area contributed by atoms with Crippen LogP contribution in [0.3, 0.4) is 0 Å². The number of carbonyl (C=O) groups excluding carboxylic acids is 1. The van der Waals surface area contributed by atoms with Crippen molar-refractivity contribution in [1.29, 1.82) is 0 Å². The fourth-order valence-corrected chi connectivity index (χ4v) is 1.67. The molecule has 0 unspecified atom stereocenters. The van der Waals surface area contributed by atoms with Gasteiger partial charge in [0.25, 0.3) is 0 Å². The Morgan fingerprint density at radius 1 is 1.33 bits per heavy atom. The number of pyridine rings is 1. The SMILES string of the molecule is CC(C)(C)/C=C\C(=O)Nc1ccn(Cc2ccccn2)n1. The van der Waals surface area contributed by atoms with Gasteiger partial charge < -0.3 is 5.32 Å². The van der Waals surface area contributed by atoms with Crippen LogP contribution in [0.2, 0.25) is 0 Å². The van der Waals surface area contributed by atoms with E-state index < -0.39 is 0 Å². The Kier molecular flexibility index (Phi) is 4.52. The molecule has 2 rings (SSSR count). The van der Waals surface area contributed by atoms with Crippen LogP contribution >= 0.6 is 0 Å². The summed E-state index contributed by atoms with van der Waals surface area (Å²) in [5.74, 6) is 0.363. The number of rotatable bonds is 4. The molecule has 0 aliphatic rings. The maximum Gasteiger partial charge on any atom is 0.249 e. The van der Waals surface area contributed by atoms with E-state index in [0.717, 1.165) is 5.69 Å². The van der Waals surface area contributed by atoms with Crippen molar-refractivity contribution in [3.05, 3.63) is 54.5 Å². The largest absolute Gasteiger partial charge is 0.306 e. The molecule has 0 atom stereocenters. The van der Waals surface area contributed by atoms with Crippen molar-refractivity contribution in [3.8, 4) is 0 Å². The molecule has 0 aliphatic heterocycles.